The summed E-state index contributed by atoms with van der Waals surface area (Å²) in [4.78, 5) is 24.6. The maximum atomic E-state index is 11.1. The minimum absolute atomic E-state index is 0.0195. The number of nitrogens with two attached hydrogens (primary N) is 1. The molecule has 0 fully saturated rings. The summed E-state index contributed by atoms with van der Waals surface area (Å²) in [5, 5.41) is 10.5. The summed E-state index contributed by atoms with van der Waals surface area (Å²) in [6.45, 7) is 0.0195. The van der Waals surface area contributed by atoms with E-state index in [2.05, 4.69) is 9.72 Å². The van der Waals surface area contributed by atoms with Gasteiger partial charge in [-0.05, 0) is 9.91 Å². The van der Waals surface area contributed by atoms with Gasteiger partial charge in [0.2, 0.25) is 0 Å². The number of hydrogen-bond acceptors (Lipinski definition) is 6. The molecule has 15 heavy (non-hydrogen) atoms. The second kappa shape index (κ2) is 4.47. The number of carbonyl (C=O) groups is 1. The fraction of sp³-hybridized carbons (Fsp3) is 0.250. The van der Waals surface area contributed by atoms with Gasteiger partial charge < -0.3 is 20.6 Å². The first-order valence-electron chi connectivity index (χ1n) is 4.02. The summed E-state index contributed by atoms with van der Waals surface area (Å²) in [5.74, 6) is -1.08. The van der Waals surface area contributed by atoms with Crippen LogP contribution in [-0.4, -0.2) is 23.0 Å². The molecule has 0 bridgehead atoms. The SMILES string of the molecule is COC(=O)c1cc(CN)nc([N+](=O)[O-])c1. The lowest BCUT2D eigenvalue weighted by molar-refractivity contribution is -0.389. The molecule has 0 spiro atoms. The van der Waals surface area contributed by atoms with Crippen LogP contribution in [-0.2, 0) is 11.3 Å². The number of aromatic nitrogens is 1. The standard InChI is InChI=1S/C8H9N3O4/c1-15-8(12)5-2-6(4-9)10-7(3-5)11(13)14/h2-3H,4,9H2,1H3. The Kier molecular flexibility index (Phi) is 3.29. The fourth-order valence-corrected chi connectivity index (χ4v) is 1.01. The van der Waals surface area contributed by atoms with Gasteiger partial charge in [0.15, 0.2) is 5.69 Å². The van der Waals surface area contributed by atoms with E-state index < -0.39 is 16.7 Å². The number of rotatable bonds is 3. The van der Waals surface area contributed by atoms with Crippen molar-refractivity contribution in [1.82, 2.24) is 4.98 Å². The third-order valence-electron chi connectivity index (χ3n) is 1.68. The number of nitrogens with zero attached hydrogens (tertiary/aromatic N) is 2. The molecular formula is C8H9N3O4. The molecular weight excluding hydrogens is 202 g/mol. The lowest BCUT2D eigenvalue weighted by Crippen LogP contribution is -2.08. The molecule has 1 rings (SSSR count). The van der Waals surface area contributed by atoms with Gasteiger partial charge in [-0.3, -0.25) is 0 Å². The van der Waals surface area contributed by atoms with Gasteiger partial charge in [0.25, 0.3) is 0 Å². The molecule has 0 atom stereocenters. The Morgan fingerprint density at radius 3 is 2.80 bits per heavy atom. The largest absolute Gasteiger partial charge is 0.465 e. The maximum Gasteiger partial charge on any atom is 0.364 e. The summed E-state index contributed by atoms with van der Waals surface area (Å²) >= 11 is 0. The second-order valence-electron chi connectivity index (χ2n) is 2.66. The zero-order chi connectivity index (χ0) is 11.4. The van der Waals surface area contributed by atoms with E-state index in [1.54, 1.807) is 0 Å². The Morgan fingerprint density at radius 1 is 1.67 bits per heavy atom. The molecule has 0 aromatic carbocycles. The Morgan fingerprint density at radius 2 is 2.33 bits per heavy atom. The molecule has 0 saturated heterocycles. The molecule has 0 unspecified atom stereocenters. The maximum absolute atomic E-state index is 11.1. The minimum Gasteiger partial charge on any atom is -0.465 e. The highest BCUT2D eigenvalue weighted by atomic mass is 16.6. The zero-order valence-corrected chi connectivity index (χ0v) is 7.97. The van der Waals surface area contributed by atoms with Crippen molar-refractivity contribution >= 4 is 11.8 Å². The summed E-state index contributed by atoms with van der Waals surface area (Å²) in [6, 6.07) is 2.41. The highest BCUT2D eigenvalue weighted by Crippen LogP contribution is 2.13. The molecule has 7 heteroatoms. The van der Waals surface area contributed by atoms with Gasteiger partial charge in [0, 0.05) is 6.07 Å². The predicted molar refractivity (Wildman–Crippen MR) is 50.1 cm³/mol. The topological polar surface area (TPSA) is 108 Å². The number of carbonyl (C=O) groups excluding carboxylic acids is 1. The average molecular weight is 211 g/mol. The highest BCUT2D eigenvalue weighted by Gasteiger charge is 2.16. The second-order valence-corrected chi connectivity index (χ2v) is 2.66. The van der Waals surface area contributed by atoms with Gasteiger partial charge in [0.05, 0.1) is 25.3 Å². The number of methoxy groups -OCH3 is 1. The van der Waals surface area contributed by atoms with Crippen LogP contribution < -0.4 is 5.73 Å². The van der Waals surface area contributed by atoms with Gasteiger partial charge in [0.1, 0.15) is 0 Å². The molecule has 0 aliphatic heterocycles. The molecule has 7 nitrogen and oxygen atoms in total. The van der Waals surface area contributed by atoms with Crippen molar-refractivity contribution in [3.8, 4) is 0 Å². The highest BCUT2D eigenvalue weighted by molar-refractivity contribution is 5.89. The zero-order valence-electron chi connectivity index (χ0n) is 7.97. The van der Waals surface area contributed by atoms with Crippen LogP contribution in [0.1, 0.15) is 16.1 Å². The number of pyridine rings is 1. The molecule has 2 N–H and O–H groups in total. The Labute approximate surface area is 85.0 Å². The summed E-state index contributed by atoms with van der Waals surface area (Å²) < 4.78 is 4.44. The predicted octanol–water partition coefficient (Wildman–Crippen LogP) is 0.235. The van der Waals surface area contributed by atoms with E-state index >= 15 is 0 Å². The van der Waals surface area contributed by atoms with Crippen LogP contribution >= 0.6 is 0 Å². The van der Waals surface area contributed by atoms with Crippen molar-refractivity contribution in [2.24, 2.45) is 5.73 Å². The van der Waals surface area contributed by atoms with E-state index in [0.29, 0.717) is 0 Å². The van der Waals surface area contributed by atoms with E-state index in [9.17, 15) is 14.9 Å². The normalized spacial score (nSPS) is 9.73. The molecule has 0 amide bonds. The van der Waals surface area contributed by atoms with Crippen LogP contribution in [0.2, 0.25) is 0 Å². The van der Waals surface area contributed by atoms with Crippen LogP contribution in [0.4, 0.5) is 5.82 Å². The summed E-state index contributed by atoms with van der Waals surface area (Å²) in [7, 11) is 1.19. The van der Waals surface area contributed by atoms with Crippen LogP contribution in [0.3, 0.4) is 0 Å². The van der Waals surface area contributed by atoms with Crippen LogP contribution in [0.5, 0.6) is 0 Å². The van der Waals surface area contributed by atoms with Gasteiger partial charge >= 0.3 is 11.8 Å². The van der Waals surface area contributed by atoms with Crippen molar-refractivity contribution < 1.29 is 14.5 Å². The molecule has 0 aliphatic carbocycles. The molecule has 0 aliphatic rings. The smallest absolute Gasteiger partial charge is 0.364 e. The van der Waals surface area contributed by atoms with Gasteiger partial charge in [-0.2, -0.15) is 0 Å². The molecule has 1 heterocycles. The van der Waals surface area contributed by atoms with E-state index in [1.807, 2.05) is 0 Å². The number of ether oxygens (including phenoxy) is 1. The van der Waals surface area contributed by atoms with Gasteiger partial charge in [-0.1, -0.05) is 0 Å². The summed E-state index contributed by atoms with van der Waals surface area (Å²) in [6.07, 6.45) is 0. The first-order valence-corrected chi connectivity index (χ1v) is 4.02. The Bertz CT molecular complexity index is 405. The van der Waals surface area contributed by atoms with Crippen molar-refractivity contribution in [3.63, 3.8) is 0 Å². The molecule has 0 saturated carbocycles. The van der Waals surface area contributed by atoms with E-state index in [-0.39, 0.29) is 17.8 Å². The Balaban J connectivity index is 3.23. The van der Waals surface area contributed by atoms with Crippen LogP contribution in [0, 0.1) is 10.1 Å². The first kappa shape index (κ1) is 11.1. The van der Waals surface area contributed by atoms with Crippen molar-refractivity contribution in [3.05, 3.63) is 33.5 Å². The minimum atomic E-state index is -0.689. The third-order valence-corrected chi connectivity index (χ3v) is 1.68. The van der Waals surface area contributed by atoms with E-state index in [1.165, 1.54) is 13.2 Å². The third kappa shape index (κ3) is 2.47. The molecule has 0 radical (unpaired) electrons. The Hall–Kier alpha value is -2.02. The van der Waals surface area contributed by atoms with Gasteiger partial charge in [-0.15, -0.1) is 0 Å². The number of esters is 1. The van der Waals surface area contributed by atoms with E-state index in [0.717, 1.165) is 6.07 Å². The van der Waals surface area contributed by atoms with Crippen LogP contribution in [0.25, 0.3) is 0 Å². The lowest BCUT2D eigenvalue weighted by atomic mass is 10.2. The molecule has 1 aromatic rings. The van der Waals surface area contributed by atoms with Gasteiger partial charge in [-0.25, -0.2) is 4.79 Å². The van der Waals surface area contributed by atoms with Crippen molar-refractivity contribution in [1.29, 1.82) is 0 Å². The molecule has 1 aromatic heterocycles. The van der Waals surface area contributed by atoms with Crippen LogP contribution in [0.15, 0.2) is 12.1 Å². The van der Waals surface area contributed by atoms with Crippen molar-refractivity contribution in [2.75, 3.05) is 7.11 Å². The summed E-state index contributed by atoms with van der Waals surface area (Å²) in [5.41, 5.74) is 5.63. The quantitative estimate of drug-likeness (QED) is 0.435. The number of hydrogen-bond donors (Lipinski definition) is 1. The lowest BCUT2D eigenvalue weighted by Gasteiger charge is -2.00. The monoisotopic (exact) mass is 211 g/mol. The van der Waals surface area contributed by atoms with Crippen molar-refractivity contribution in [2.45, 2.75) is 6.54 Å². The molecule has 80 valence electrons. The van der Waals surface area contributed by atoms with E-state index in [4.69, 9.17) is 5.73 Å². The fourth-order valence-electron chi connectivity index (χ4n) is 1.01. The first-order chi connectivity index (χ1) is 7.08. The average Bonchev–Trinajstić information content (AvgIpc) is 2.27. The number of nitro groups is 1.